The second kappa shape index (κ2) is 7.77. The van der Waals surface area contributed by atoms with Crippen molar-refractivity contribution in [2.75, 3.05) is 25.4 Å². The molecule has 2 rings (SSSR count). The maximum absolute atomic E-state index is 11.8. The number of carbonyl (C=O) groups is 4. The molecule has 3 amide bonds. The van der Waals surface area contributed by atoms with Crippen LogP contribution in [0.2, 0.25) is 0 Å². The fraction of sp³-hybridized carbons (Fsp3) is 0.333. The number of hydrogen-bond acceptors (Lipinski definition) is 6. The third kappa shape index (κ3) is 4.82. The number of amides is 3. The van der Waals surface area contributed by atoms with Crippen LogP contribution in [0.25, 0.3) is 0 Å². The summed E-state index contributed by atoms with van der Waals surface area (Å²) in [4.78, 5) is 47.2. The van der Waals surface area contributed by atoms with Gasteiger partial charge in [0.15, 0.2) is 6.61 Å². The Balaban J connectivity index is 1.70. The fourth-order valence-electron chi connectivity index (χ4n) is 1.94. The van der Waals surface area contributed by atoms with E-state index < -0.39 is 18.5 Å². The molecule has 0 aliphatic carbocycles. The van der Waals surface area contributed by atoms with Gasteiger partial charge in [-0.25, -0.2) is 4.79 Å². The summed E-state index contributed by atoms with van der Waals surface area (Å²) in [6.07, 6.45) is 0. The second-order valence-electron chi connectivity index (χ2n) is 4.90. The molecule has 0 aromatic heterocycles. The van der Waals surface area contributed by atoms with E-state index >= 15 is 0 Å². The van der Waals surface area contributed by atoms with Gasteiger partial charge in [-0.2, -0.15) is 0 Å². The van der Waals surface area contributed by atoms with Crippen LogP contribution in [-0.4, -0.2) is 53.4 Å². The molecule has 1 fully saturated rings. The first-order valence-corrected chi connectivity index (χ1v) is 7.93. The van der Waals surface area contributed by atoms with Crippen molar-refractivity contribution < 1.29 is 23.9 Å². The number of aryl methyl sites for hydroxylation is 1. The maximum atomic E-state index is 11.8. The van der Waals surface area contributed by atoms with Crippen LogP contribution >= 0.6 is 11.8 Å². The summed E-state index contributed by atoms with van der Waals surface area (Å²) in [5, 5.41) is 2.19. The van der Waals surface area contributed by atoms with Gasteiger partial charge in [0, 0.05) is 13.1 Å². The predicted molar refractivity (Wildman–Crippen MR) is 84.0 cm³/mol. The number of carbonyl (C=O) groups excluding carboxylic acids is 4. The molecular formula is C15H16N2O5S. The van der Waals surface area contributed by atoms with Crippen molar-refractivity contribution in [3.05, 3.63) is 35.4 Å². The predicted octanol–water partition coefficient (Wildman–Crippen LogP) is 0.963. The largest absolute Gasteiger partial charge is 0.452 e. The molecule has 1 aromatic rings. The number of benzene rings is 1. The summed E-state index contributed by atoms with van der Waals surface area (Å²) >= 11 is 0.941. The highest BCUT2D eigenvalue weighted by atomic mass is 32.2. The third-order valence-corrected chi connectivity index (χ3v) is 3.94. The van der Waals surface area contributed by atoms with Gasteiger partial charge >= 0.3 is 5.97 Å². The van der Waals surface area contributed by atoms with Crippen molar-refractivity contribution in [2.45, 2.75) is 6.92 Å². The minimum atomic E-state index is -0.579. The molecule has 122 valence electrons. The van der Waals surface area contributed by atoms with Crippen LogP contribution in [0.15, 0.2) is 24.3 Å². The first-order valence-electron chi connectivity index (χ1n) is 6.95. The van der Waals surface area contributed by atoms with Gasteiger partial charge in [0.2, 0.25) is 5.91 Å². The number of rotatable bonds is 6. The molecule has 1 aromatic carbocycles. The number of nitrogens with one attached hydrogen (secondary N) is 1. The second-order valence-corrected chi connectivity index (χ2v) is 5.82. The van der Waals surface area contributed by atoms with Gasteiger partial charge in [0.25, 0.3) is 11.1 Å². The summed E-state index contributed by atoms with van der Waals surface area (Å²) in [5.41, 5.74) is 1.30. The average molecular weight is 336 g/mol. The lowest BCUT2D eigenvalue weighted by atomic mass is 10.1. The van der Waals surface area contributed by atoms with E-state index in [-0.39, 0.29) is 30.0 Å². The fourth-order valence-corrected chi connectivity index (χ4v) is 2.69. The lowest BCUT2D eigenvalue weighted by Gasteiger charge is -2.13. The Hall–Kier alpha value is -2.35. The highest BCUT2D eigenvalue weighted by Gasteiger charge is 2.29. The van der Waals surface area contributed by atoms with E-state index in [1.165, 1.54) is 0 Å². The number of esters is 1. The molecule has 0 unspecified atom stereocenters. The van der Waals surface area contributed by atoms with Gasteiger partial charge in [-0.05, 0) is 19.1 Å². The van der Waals surface area contributed by atoms with Crippen LogP contribution < -0.4 is 5.32 Å². The monoisotopic (exact) mass is 336 g/mol. The number of imide groups is 1. The van der Waals surface area contributed by atoms with E-state index in [1.54, 1.807) is 18.2 Å². The highest BCUT2D eigenvalue weighted by Crippen LogP contribution is 2.17. The van der Waals surface area contributed by atoms with Crippen LogP contribution in [-0.2, 0) is 14.3 Å². The molecule has 0 atom stereocenters. The number of nitrogens with zero attached hydrogens (tertiary/aromatic N) is 1. The minimum absolute atomic E-state index is 0.113. The number of hydrogen-bond donors (Lipinski definition) is 1. The molecule has 0 spiro atoms. The van der Waals surface area contributed by atoms with Gasteiger partial charge in [-0.1, -0.05) is 29.5 Å². The minimum Gasteiger partial charge on any atom is -0.452 e. The Labute approximate surface area is 137 Å². The Morgan fingerprint density at radius 3 is 2.78 bits per heavy atom. The van der Waals surface area contributed by atoms with E-state index in [2.05, 4.69) is 5.32 Å². The van der Waals surface area contributed by atoms with Crippen LogP contribution in [0.5, 0.6) is 0 Å². The molecule has 1 heterocycles. The molecular weight excluding hydrogens is 320 g/mol. The van der Waals surface area contributed by atoms with Crippen molar-refractivity contribution in [3.8, 4) is 0 Å². The highest BCUT2D eigenvalue weighted by molar-refractivity contribution is 8.14. The molecule has 0 bridgehead atoms. The zero-order valence-corrected chi connectivity index (χ0v) is 13.4. The van der Waals surface area contributed by atoms with Crippen LogP contribution in [0.1, 0.15) is 15.9 Å². The summed E-state index contributed by atoms with van der Waals surface area (Å²) in [6.45, 7) is 1.67. The standard InChI is InChI=1S/C15H16N2O5S/c1-10-3-2-4-11(7-10)14(20)22-8-12(18)16-5-6-17-13(19)9-23-15(17)21/h2-4,7H,5-6,8-9H2,1H3,(H,16,18). The molecule has 23 heavy (non-hydrogen) atoms. The summed E-state index contributed by atoms with van der Waals surface area (Å²) in [7, 11) is 0. The topological polar surface area (TPSA) is 92.8 Å². The van der Waals surface area contributed by atoms with E-state index in [9.17, 15) is 19.2 Å². The molecule has 1 aliphatic heterocycles. The molecule has 0 radical (unpaired) electrons. The molecule has 1 aliphatic rings. The van der Waals surface area contributed by atoms with Crippen molar-refractivity contribution >= 4 is 34.8 Å². The lowest BCUT2D eigenvalue weighted by Crippen LogP contribution is -2.38. The van der Waals surface area contributed by atoms with Crippen molar-refractivity contribution in [1.82, 2.24) is 10.2 Å². The van der Waals surface area contributed by atoms with Crippen LogP contribution in [0.4, 0.5) is 4.79 Å². The SMILES string of the molecule is Cc1cccc(C(=O)OCC(=O)NCCN2C(=O)CSC2=O)c1. The average Bonchev–Trinajstić information content (AvgIpc) is 2.84. The van der Waals surface area contributed by atoms with Crippen molar-refractivity contribution in [3.63, 3.8) is 0 Å². The van der Waals surface area contributed by atoms with Gasteiger partial charge in [-0.15, -0.1) is 0 Å². The van der Waals surface area contributed by atoms with E-state index in [1.807, 2.05) is 13.0 Å². The molecule has 1 N–H and O–H groups in total. The quantitative estimate of drug-likeness (QED) is 0.778. The zero-order valence-electron chi connectivity index (χ0n) is 12.5. The zero-order chi connectivity index (χ0) is 16.8. The van der Waals surface area contributed by atoms with Crippen LogP contribution in [0, 0.1) is 6.92 Å². The van der Waals surface area contributed by atoms with Gasteiger partial charge < -0.3 is 10.1 Å². The summed E-state index contributed by atoms with van der Waals surface area (Å²) in [5.74, 6) is -1.19. The smallest absolute Gasteiger partial charge is 0.338 e. The Kier molecular flexibility index (Phi) is 5.75. The molecule has 8 heteroatoms. The van der Waals surface area contributed by atoms with E-state index in [0.717, 1.165) is 22.2 Å². The lowest BCUT2D eigenvalue weighted by molar-refractivity contribution is -0.126. The first kappa shape index (κ1) is 17.0. The number of ether oxygens (including phenoxy) is 1. The van der Waals surface area contributed by atoms with Crippen LogP contribution in [0.3, 0.4) is 0 Å². The summed E-state index contributed by atoms with van der Waals surface area (Å²) in [6, 6.07) is 6.86. The van der Waals surface area contributed by atoms with Crippen molar-refractivity contribution in [2.24, 2.45) is 0 Å². The summed E-state index contributed by atoms with van der Waals surface area (Å²) < 4.78 is 4.91. The molecule has 1 saturated heterocycles. The molecule has 0 saturated carbocycles. The first-order chi connectivity index (χ1) is 11.0. The normalized spacial score (nSPS) is 14.0. The Morgan fingerprint density at radius 1 is 1.35 bits per heavy atom. The van der Waals surface area contributed by atoms with Gasteiger partial charge in [-0.3, -0.25) is 19.3 Å². The van der Waals surface area contributed by atoms with Gasteiger partial charge in [0.1, 0.15) is 0 Å². The van der Waals surface area contributed by atoms with E-state index in [0.29, 0.717) is 5.56 Å². The Bertz CT molecular complexity index is 631. The van der Waals surface area contributed by atoms with Crippen molar-refractivity contribution in [1.29, 1.82) is 0 Å². The third-order valence-electron chi connectivity index (χ3n) is 3.09. The molecule has 7 nitrogen and oxygen atoms in total. The van der Waals surface area contributed by atoms with E-state index in [4.69, 9.17) is 4.74 Å². The Morgan fingerprint density at radius 2 is 2.13 bits per heavy atom. The number of thioether (sulfide) groups is 1. The van der Waals surface area contributed by atoms with Gasteiger partial charge in [0.05, 0.1) is 11.3 Å². The maximum Gasteiger partial charge on any atom is 0.338 e.